The zero-order chi connectivity index (χ0) is 22.6. The molecule has 0 bridgehead atoms. The molecule has 0 aromatic carbocycles. The van der Waals surface area contributed by atoms with Gasteiger partial charge in [-0.2, -0.15) is 0 Å². The van der Waals surface area contributed by atoms with Gasteiger partial charge in [0.25, 0.3) is 0 Å². The van der Waals surface area contributed by atoms with Crippen LogP contribution in [0.3, 0.4) is 0 Å². The molecule has 2 aliphatic carbocycles. The molecule has 2 aliphatic rings. The van der Waals surface area contributed by atoms with Gasteiger partial charge < -0.3 is 0 Å². The van der Waals surface area contributed by atoms with Gasteiger partial charge in [-0.15, -0.1) is 0 Å². The first-order valence-electron chi connectivity index (χ1n) is 11.7. The van der Waals surface area contributed by atoms with Crippen LogP contribution < -0.4 is 10.9 Å². The second kappa shape index (κ2) is 7.99. The van der Waals surface area contributed by atoms with Crippen LogP contribution in [0.5, 0.6) is 0 Å². The Labute approximate surface area is 194 Å². The van der Waals surface area contributed by atoms with E-state index in [9.17, 15) is 4.79 Å². The number of allylic oxidation sites excluding steroid dienone is 1. The number of hydrogen-bond acceptors (Lipinski definition) is 5. The van der Waals surface area contributed by atoms with Crippen LogP contribution in [0, 0.1) is 23.2 Å². The molecule has 170 valence electrons. The van der Waals surface area contributed by atoms with Crippen LogP contribution in [-0.2, 0) is 6.42 Å². The predicted octanol–water partition coefficient (Wildman–Crippen LogP) is 4.03. The van der Waals surface area contributed by atoms with Crippen molar-refractivity contribution in [2.24, 2.45) is 23.2 Å². The van der Waals surface area contributed by atoms with Gasteiger partial charge in [0.05, 0.1) is 0 Å². The minimum atomic E-state index is -0.0948. The molecule has 0 aliphatic heterocycles. The van der Waals surface area contributed by atoms with Crippen molar-refractivity contribution in [3.8, 4) is 5.95 Å². The van der Waals surface area contributed by atoms with Crippen LogP contribution in [0.4, 0.5) is 5.82 Å². The fourth-order valence-corrected chi connectivity index (χ4v) is 7.78. The Morgan fingerprint density at radius 2 is 2.12 bits per heavy atom. The molecule has 1 fully saturated rings. The molecule has 2 N–H and O–H groups in total. The molecule has 0 radical (unpaired) electrons. The summed E-state index contributed by atoms with van der Waals surface area (Å²) in [6.45, 7) is 11.9. The fourth-order valence-electron chi connectivity index (χ4n) is 5.62. The molecule has 32 heavy (non-hydrogen) atoms. The molecule has 0 unspecified atom stereocenters. The number of nitrogens with one attached hydrogen (secondary N) is 2. The number of aromatic amines is 1. The molecule has 3 heterocycles. The number of aromatic nitrogens is 5. The summed E-state index contributed by atoms with van der Waals surface area (Å²) in [7, 11) is 0. The van der Waals surface area contributed by atoms with Gasteiger partial charge in [-0.05, 0) is 0 Å². The summed E-state index contributed by atoms with van der Waals surface area (Å²) in [6.07, 6.45) is 9.94. The third kappa shape index (κ3) is 3.39. The van der Waals surface area contributed by atoms with E-state index in [1.165, 1.54) is 10.9 Å². The van der Waals surface area contributed by atoms with Crippen molar-refractivity contribution in [2.45, 2.75) is 66.3 Å². The van der Waals surface area contributed by atoms with Gasteiger partial charge in [0.15, 0.2) is 0 Å². The van der Waals surface area contributed by atoms with Gasteiger partial charge in [0.2, 0.25) is 0 Å². The number of H-pyrrole nitrogens is 1. The monoisotopic (exact) mass is 500 g/mol. The molecular formula is C24H32N6OSe. The Morgan fingerprint density at radius 1 is 1.31 bits per heavy atom. The van der Waals surface area contributed by atoms with Gasteiger partial charge >= 0.3 is 195 Å². The van der Waals surface area contributed by atoms with Crippen molar-refractivity contribution in [1.29, 1.82) is 0 Å². The van der Waals surface area contributed by atoms with E-state index >= 15 is 0 Å². The summed E-state index contributed by atoms with van der Waals surface area (Å²) >= 11 is -0.0948. The molecule has 0 spiro atoms. The number of nitrogens with zero attached hydrogens (tertiary/aromatic N) is 4. The fraction of sp³-hybridized carbons (Fsp3) is 0.583. The third-order valence-corrected chi connectivity index (χ3v) is 10.6. The number of aryl methyl sites for hydroxylation is 1. The van der Waals surface area contributed by atoms with Crippen LogP contribution in [0.25, 0.3) is 23.2 Å². The van der Waals surface area contributed by atoms with Crippen molar-refractivity contribution in [3.63, 3.8) is 0 Å². The molecule has 0 amide bonds. The van der Waals surface area contributed by atoms with E-state index in [-0.39, 0.29) is 20.3 Å². The first-order valence-corrected chi connectivity index (χ1v) is 13.3. The van der Waals surface area contributed by atoms with E-state index in [4.69, 9.17) is 4.98 Å². The van der Waals surface area contributed by atoms with Crippen LogP contribution in [0.1, 0.15) is 63.9 Å². The van der Waals surface area contributed by atoms with Gasteiger partial charge in [-0.3, -0.25) is 0 Å². The first-order chi connectivity index (χ1) is 15.3. The molecular weight excluding hydrogens is 467 g/mol. The standard InChI is InChI=1S/C24H32N6OSe/c1-6-15-11-17(13(2)14(3)24(15,4)5)27-21-19-20(26-12-25-19)28-23(29-21)30-22(31)16-9-7-8-10-18(16)32-30/h7,9,12-15,17H,6,8,10-11H2,1-5H3,(H2,25,26,27,28,29)/t13-,14-,15+,17-/m1/s1. The third-order valence-electron chi connectivity index (χ3n) is 8.20. The van der Waals surface area contributed by atoms with Gasteiger partial charge in [-0.25, -0.2) is 0 Å². The van der Waals surface area contributed by atoms with E-state index in [0.29, 0.717) is 40.8 Å². The average molecular weight is 500 g/mol. The average Bonchev–Trinajstić information content (AvgIpc) is 3.39. The first kappa shape index (κ1) is 21.7. The van der Waals surface area contributed by atoms with E-state index < -0.39 is 0 Å². The molecule has 5 rings (SSSR count). The SMILES string of the molecule is CC[C@H]1C[C@@H](Nc2nc(-n3[se]c4c(c3=O)C=CCC4)nc3nc[nH]c23)[C@H](C)[C@@H](C)C1(C)C. The van der Waals surface area contributed by atoms with Crippen molar-refractivity contribution in [3.05, 3.63) is 32.8 Å². The number of imidazole rings is 1. The Bertz CT molecular complexity index is 1230. The van der Waals surface area contributed by atoms with Crippen LogP contribution in [0.15, 0.2) is 17.2 Å². The maximum absolute atomic E-state index is 13.1. The zero-order valence-corrected chi connectivity index (χ0v) is 21.2. The molecule has 7 nitrogen and oxygen atoms in total. The predicted molar refractivity (Wildman–Crippen MR) is 129 cm³/mol. The topological polar surface area (TPSA) is 88.5 Å². The summed E-state index contributed by atoms with van der Waals surface area (Å²) < 4.78 is 3.00. The molecule has 4 atom stereocenters. The Balaban J connectivity index is 1.54. The van der Waals surface area contributed by atoms with Crippen molar-refractivity contribution in [1.82, 2.24) is 23.5 Å². The molecule has 8 heteroatoms. The quantitative estimate of drug-likeness (QED) is 0.530. The van der Waals surface area contributed by atoms with Crippen molar-refractivity contribution >= 4 is 37.8 Å². The van der Waals surface area contributed by atoms with Crippen molar-refractivity contribution in [2.75, 3.05) is 5.32 Å². The zero-order valence-electron chi connectivity index (χ0n) is 19.5. The second-order valence-corrected chi connectivity index (χ2v) is 12.2. The van der Waals surface area contributed by atoms with Crippen molar-refractivity contribution < 1.29 is 0 Å². The van der Waals surface area contributed by atoms with Crippen LogP contribution in [-0.4, -0.2) is 44.3 Å². The number of fused-ring (bicyclic) bond motifs is 2. The van der Waals surface area contributed by atoms with Gasteiger partial charge in [0.1, 0.15) is 0 Å². The summed E-state index contributed by atoms with van der Waals surface area (Å²) in [5.41, 5.74) is 2.58. The molecule has 1 saturated carbocycles. The van der Waals surface area contributed by atoms with Crippen LogP contribution in [0.2, 0.25) is 0 Å². The van der Waals surface area contributed by atoms with Crippen LogP contribution >= 0.6 is 0 Å². The Morgan fingerprint density at radius 3 is 2.88 bits per heavy atom. The molecule has 3 aromatic heterocycles. The summed E-state index contributed by atoms with van der Waals surface area (Å²) in [6, 6.07) is 0.311. The normalized spacial score (nSPS) is 26.9. The Kier molecular flexibility index (Phi) is 5.41. The minimum absolute atomic E-state index is 0.0178. The maximum atomic E-state index is 13.1. The van der Waals surface area contributed by atoms with E-state index in [1.54, 1.807) is 9.89 Å². The number of rotatable bonds is 4. The van der Waals surface area contributed by atoms with E-state index in [0.717, 1.165) is 36.2 Å². The number of anilines is 1. The summed E-state index contributed by atoms with van der Waals surface area (Å²) in [5.74, 6) is 2.95. The van der Waals surface area contributed by atoms with E-state index in [1.807, 2.05) is 6.08 Å². The van der Waals surface area contributed by atoms with Gasteiger partial charge in [-0.1, -0.05) is 0 Å². The Hall–Kier alpha value is -2.18. The van der Waals surface area contributed by atoms with Gasteiger partial charge in [0, 0.05) is 0 Å². The molecule has 3 aromatic rings. The van der Waals surface area contributed by atoms with E-state index in [2.05, 4.69) is 61.0 Å². The summed E-state index contributed by atoms with van der Waals surface area (Å²) in [5, 5.41) is 3.75. The number of hydrogen-bond donors (Lipinski definition) is 2. The second-order valence-electron chi connectivity index (χ2n) is 10.0. The molecule has 0 saturated heterocycles. The summed E-state index contributed by atoms with van der Waals surface area (Å²) in [4.78, 5) is 30.2.